The van der Waals surface area contributed by atoms with Crippen LogP contribution in [0.3, 0.4) is 0 Å². The Kier molecular flexibility index (Phi) is 2.47. The molecule has 2 saturated heterocycles. The summed E-state index contributed by atoms with van der Waals surface area (Å²) in [6.07, 6.45) is 0.319. The fourth-order valence-electron chi connectivity index (χ4n) is 3.10. The molecular formula is C13H12N2O3S2. The number of carbonyl (C=O) groups excluding carboxylic acids is 1. The van der Waals surface area contributed by atoms with Crippen molar-refractivity contribution in [3.8, 4) is 0 Å². The average molecular weight is 308 g/mol. The molecule has 4 rings (SSSR count). The summed E-state index contributed by atoms with van der Waals surface area (Å²) in [7, 11) is -3.02. The van der Waals surface area contributed by atoms with Gasteiger partial charge < -0.3 is 0 Å². The van der Waals surface area contributed by atoms with Gasteiger partial charge in [0.05, 0.1) is 27.8 Å². The molecule has 0 spiro atoms. The minimum absolute atomic E-state index is 0.00560. The SMILES string of the molecule is O=C1CC2CS(=O)(=O)CC2N1c1nc2ccccc2s1. The maximum absolute atomic E-state index is 12.2. The summed E-state index contributed by atoms with van der Waals surface area (Å²) in [6.45, 7) is 0. The molecule has 1 aromatic carbocycles. The average Bonchev–Trinajstić information content (AvgIpc) is 2.97. The molecule has 0 bridgehead atoms. The highest BCUT2D eigenvalue weighted by Gasteiger charge is 2.50. The smallest absolute Gasteiger partial charge is 0.229 e. The Morgan fingerprint density at radius 2 is 2.05 bits per heavy atom. The highest BCUT2D eigenvalue weighted by molar-refractivity contribution is 7.91. The van der Waals surface area contributed by atoms with Crippen molar-refractivity contribution in [3.05, 3.63) is 24.3 Å². The molecule has 0 radical (unpaired) electrons. The maximum atomic E-state index is 12.2. The Morgan fingerprint density at radius 1 is 1.25 bits per heavy atom. The first kappa shape index (κ1) is 12.3. The number of rotatable bonds is 1. The van der Waals surface area contributed by atoms with Crippen molar-refractivity contribution >= 4 is 42.4 Å². The predicted molar refractivity (Wildman–Crippen MR) is 77.7 cm³/mol. The monoisotopic (exact) mass is 308 g/mol. The summed E-state index contributed by atoms with van der Waals surface area (Å²) in [4.78, 5) is 18.3. The van der Waals surface area contributed by atoms with E-state index in [1.165, 1.54) is 11.3 Å². The van der Waals surface area contributed by atoms with Gasteiger partial charge in [-0.3, -0.25) is 9.69 Å². The lowest BCUT2D eigenvalue weighted by atomic mass is 10.1. The highest BCUT2D eigenvalue weighted by Crippen LogP contribution is 2.39. The first-order valence-electron chi connectivity index (χ1n) is 6.41. The lowest BCUT2D eigenvalue weighted by Gasteiger charge is -2.19. The molecule has 2 fully saturated rings. The number of nitrogens with zero attached hydrogens (tertiary/aromatic N) is 2. The van der Waals surface area contributed by atoms with E-state index in [4.69, 9.17) is 0 Å². The summed E-state index contributed by atoms with van der Waals surface area (Å²) in [5.41, 5.74) is 0.851. The van der Waals surface area contributed by atoms with Crippen LogP contribution in [0.4, 0.5) is 5.13 Å². The van der Waals surface area contributed by atoms with Crippen LogP contribution in [0.25, 0.3) is 10.2 Å². The van der Waals surface area contributed by atoms with Gasteiger partial charge in [0.1, 0.15) is 0 Å². The lowest BCUT2D eigenvalue weighted by molar-refractivity contribution is -0.117. The zero-order valence-corrected chi connectivity index (χ0v) is 12.2. The van der Waals surface area contributed by atoms with Gasteiger partial charge in [-0.1, -0.05) is 23.5 Å². The van der Waals surface area contributed by atoms with Gasteiger partial charge in [0.25, 0.3) is 0 Å². The van der Waals surface area contributed by atoms with Crippen LogP contribution in [0, 0.1) is 5.92 Å². The van der Waals surface area contributed by atoms with Gasteiger partial charge in [-0.15, -0.1) is 0 Å². The number of hydrogen-bond donors (Lipinski definition) is 0. The number of fused-ring (bicyclic) bond motifs is 2. The van der Waals surface area contributed by atoms with E-state index in [1.54, 1.807) is 4.90 Å². The molecule has 104 valence electrons. The second-order valence-corrected chi connectivity index (χ2v) is 8.50. The molecular weight excluding hydrogens is 296 g/mol. The number of hydrogen-bond acceptors (Lipinski definition) is 5. The number of benzene rings is 1. The Morgan fingerprint density at radius 3 is 2.85 bits per heavy atom. The van der Waals surface area contributed by atoms with Crippen LogP contribution in [-0.2, 0) is 14.6 Å². The fraction of sp³-hybridized carbons (Fsp3) is 0.385. The lowest BCUT2D eigenvalue weighted by Crippen LogP contribution is -2.36. The summed E-state index contributed by atoms with van der Waals surface area (Å²) < 4.78 is 24.5. The third kappa shape index (κ3) is 1.76. The summed E-state index contributed by atoms with van der Waals surface area (Å²) in [5, 5.41) is 0.626. The molecule has 7 heteroatoms. The van der Waals surface area contributed by atoms with Crippen molar-refractivity contribution in [2.24, 2.45) is 5.92 Å². The van der Waals surface area contributed by atoms with Crippen LogP contribution < -0.4 is 4.90 Å². The second-order valence-electron chi connectivity index (χ2n) is 5.34. The molecule has 2 unspecified atom stereocenters. The number of amides is 1. The third-order valence-corrected chi connectivity index (χ3v) is 6.78. The van der Waals surface area contributed by atoms with E-state index in [1.807, 2.05) is 24.3 Å². The van der Waals surface area contributed by atoms with Crippen LogP contribution in [0.2, 0.25) is 0 Å². The minimum atomic E-state index is -3.02. The molecule has 1 aromatic heterocycles. The van der Waals surface area contributed by atoms with Gasteiger partial charge in [0, 0.05) is 12.3 Å². The molecule has 5 nitrogen and oxygen atoms in total. The molecule has 0 N–H and O–H groups in total. The second kappa shape index (κ2) is 4.02. The number of aromatic nitrogens is 1. The molecule has 2 aromatic rings. The largest absolute Gasteiger partial charge is 0.284 e. The summed E-state index contributed by atoms with van der Waals surface area (Å²) >= 11 is 1.45. The molecule has 1 amide bonds. The first-order valence-corrected chi connectivity index (χ1v) is 9.05. The standard InChI is InChI=1S/C13H12N2O3S2/c16-12-5-8-6-20(17,18)7-10(8)15(12)13-14-9-3-1-2-4-11(9)19-13/h1-4,8,10H,5-7H2. The summed E-state index contributed by atoms with van der Waals surface area (Å²) in [6, 6.07) is 7.46. The normalized spacial score (nSPS) is 28.2. The van der Waals surface area contributed by atoms with E-state index >= 15 is 0 Å². The topological polar surface area (TPSA) is 67.3 Å². The van der Waals surface area contributed by atoms with Crippen molar-refractivity contribution in [1.29, 1.82) is 0 Å². The van der Waals surface area contributed by atoms with Crippen LogP contribution in [0.1, 0.15) is 6.42 Å². The molecule has 2 atom stereocenters. The van der Waals surface area contributed by atoms with Gasteiger partial charge in [-0.05, 0) is 12.1 Å². The third-order valence-electron chi connectivity index (χ3n) is 3.96. The molecule has 2 aliphatic rings. The summed E-state index contributed by atoms with van der Waals surface area (Å²) in [5.74, 6) is 0.123. The molecule has 0 saturated carbocycles. The van der Waals surface area contributed by atoms with Gasteiger partial charge in [0.2, 0.25) is 5.91 Å². The van der Waals surface area contributed by atoms with Crippen LogP contribution in [0.15, 0.2) is 24.3 Å². The van der Waals surface area contributed by atoms with E-state index in [2.05, 4.69) is 4.98 Å². The van der Waals surface area contributed by atoms with Crippen LogP contribution >= 0.6 is 11.3 Å². The fourth-order valence-corrected chi connectivity index (χ4v) is 6.21. The molecule has 2 aliphatic heterocycles. The van der Waals surface area contributed by atoms with E-state index in [-0.39, 0.29) is 29.4 Å². The minimum Gasteiger partial charge on any atom is -0.284 e. The Bertz CT molecular complexity index is 779. The van der Waals surface area contributed by atoms with Crippen molar-refractivity contribution in [2.75, 3.05) is 16.4 Å². The van der Waals surface area contributed by atoms with Crippen molar-refractivity contribution in [1.82, 2.24) is 4.98 Å². The first-order chi connectivity index (χ1) is 9.53. The molecule has 0 aliphatic carbocycles. The number of carbonyl (C=O) groups is 1. The Hall–Kier alpha value is -1.47. The number of para-hydroxylation sites is 1. The number of anilines is 1. The molecule has 20 heavy (non-hydrogen) atoms. The number of sulfone groups is 1. The van der Waals surface area contributed by atoms with Gasteiger partial charge in [-0.2, -0.15) is 0 Å². The quantitative estimate of drug-likeness (QED) is 0.799. The maximum Gasteiger partial charge on any atom is 0.229 e. The van der Waals surface area contributed by atoms with E-state index in [0.29, 0.717) is 11.6 Å². The molecule has 3 heterocycles. The van der Waals surface area contributed by atoms with Gasteiger partial charge in [0.15, 0.2) is 15.0 Å². The van der Waals surface area contributed by atoms with Gasteiger partial charge in [-0.25, -0.2) is 13.4 Å². The van der Waals surface area contributed by atoms with Crippen molar-refractivity contribution < 1.29 is 13.2 Å². The van der Waals surface area contributed by atoms with E-state index in [9.17, 15) is 13.2 Å². The van der Waals surface area contributed by atoms with E-state index < -0.39 is 9.84 Å². The Labute approximate surface area is 120 Å². The highest BCUT2D eigenvalue weighted by atomic mass is 32.2. The Balaban J connectivity index is 1.78. The zero-order valence-electron chi connectivity index (χ0n) is 10.5. The van der Waals surface area contributed by atoms with Crippen LogP contribution in [0.5, 0.6) is 0 Å². The van der Waals surface area contributed by atoms with Crippen molar-refractivity contribution in [2.45, 2.75) is 12.5 Å². The zero-order chi connectivity index (χ0) is 13.9. The van der Waals surface area contributed by atoms with Gasteiger partial charge >= 0.3 is 0 Å². The predicted octanol–water partition coefficient (Wildman–Crippen LogP) is 1.45. The number of thiazole rings is 1. The van der Waals surface area contributed by atoms with Crippen molar-refractivity contribution in [3.63, 3.8) is 0 Å². The van der Waals surface area contributed by atoms with Crippen LogP contribution in [-0.4, -0.2) is 36.9 Å². The van der Waals surface area contributed by atoms with E-state index in [0.717, 1.165) is 10.2 Å².